The summed E-state index contributed by atoms with van der Waals surface area (Å²) in [4.78, 5) is 0. The summed E-state index contributed by atoms with van der Waals surface area (Å²) in [7, 11) is 3.69. The molecule has 1 atom stereocenters. The molecule has 1 aliphatic heterocycles. The van der Waals surface area contributed by atoms with Gasteiger partial charge in [0, 0.05) is 18.0 Å². The van der Waals surface area contributed by atoms with Crippen LogP contribution in [0.2, 0.25) is 0 Å². The van der Waals surface area contributed by atoms with Crippen molar-refractivity contribution < 1.29 is 9.47 Å². The molecular weight excluding hydrogens is 240 g/mol. The first-order valence-corrected chi connectivity index (χ1v) is 6.69. The summed E-state index contributed by atoms with van der Waals surface area (Å²) in [5.41, 5.74) is 9.73. The first-order valence-electron chi connectivity index (χ1n) is 6.69. The summed E-state index contributed by atoms with van der Waals surface area (Å²) >= 11 is 0. The fraction of sp³-hybridized carbons (Fsp3) is 0.600. The van der Waals surface area contributed by atoms with Gasteiger partial charge in [-0.25, -0.2) is 0 Å². The van der Waals surface area contributed by atoms with Gasteiger partial charge in [-0.3, -0.25) is 0 Å². The van der Waals surface area contributed by atoms with Crippen LogP contribution in [-0.2, 0) is 4.74 Å². The Hall–Kier alpha value is -1.10. The maximum absolute atomic E-state index is 5.98. The van der Waals surface area contributed by atoms with E-state index in [1.54, 1.807) is 7.11 Å². The first-order chi connectivity index (χ1) is 9.09. The van der Waals surface area contributed by atoms with Crippen LogP contribution in [0.15, 0.2) is 12.1 Å². The Bertz CT molecular complexity index is 450. The molecule has 2 rings (SSSR count). The number of ether oxygens (including phenoxy) is 2. The lowest BCUT2D eigenvalue weighted by Crippen LogP contribution is -2.55. The molecule has 0 spiro atoms. The number of methoxy groups -OCH3 is 1. The second-order valence-electron chi connectivity index (χ2n) is 5.39. The summed E-state index contributed by atoms with van der Waals surface area (Å²) < 4.78 is 10.8. The Morgan fingerprint density at radius 3 is 2.47 bits per heavy atom. The third-order valence-electron chi connectivity index (χ3n) is 4.40. The summed E-state index contributed by atoms with van der Waals surface area (Å²) in [5, 5.41) is 3.42. The van der Waals surface area contributed by atoms with Crippen LogP contribution in [-0.4, -0.2) is 33.9 Å². The second-order valence-corrected chi connectivity index (χ2v) is 5.39. The Morgan fingerprint density at radius 1 is 1.37 bits per heavy atom. The molecule has 0 saturated carbocycles. The molecule has 1 fully saturated rings. The SMILES string of the molecule is CNC(c1ccc(OC)c(C)c1C)C1(CN)COC1. The van der Waals surface area contributed by atoms with E-state index < -0.39 is 0 Å². The zero-order chi connectivity index (χ0) is 14.0. The van der Waals surface area contributed by atoms with Gasteiger partial charge in [-0.1, -0.05) is 6.07 Å². The van der Waals surface area contributed by atoms with E-state index in [-0.39, 0.29) is 11.5 Å². The van der Waals surface area contributed by atoms with Crippen LogP contribution in [0.1, 0.15) is 22.7 Å². The Labute approximate surface area is 115 Å². The molecule has 1 unspecified atom stereocenters. The predicted octanol–water partition coefficient (Wildman–Crippen LogP) is 1.55. The van der Waals surface area contributed by atoms with E-state index in [9.17, 15) is 0 Å². The lowest BCUT2D eigenvalue weighted by atomic mass is 9.74. The van der Waals surface area contributed by atoms with Crippen molar-refractivity contribution in [1.29, 1.82) is 0 Å². The van der Waals surface area contributed by atoms with Gasteiger partial charge >= 0.3 is 0 Å². The molecule has 1 aromatic rings. The number of nitrogens with one attached hydrogen (secondary N) is 1. The van der Waals surface area contributed by atoms with Crippen LogP contribution in [0, 0.1) is 19.3 Å². The molecule has 0 aromatic heterocycles. The van der Waals surface area contributed by atoms with E-state index in [0.717, 1.165) is 19.0 Å². The van der Waals surface area contributed by atoms with Gasteiger partial charge in [-0.15, -0.1) is 0 Å². The van der Waals surface area contributed by atoms with Crippen molar-refractivity contribution in [1.82, 2.24) is 5.32 Å². The van der Waals surface area contributed by atoms with Crippen molar-refractivity contribution in [2.24, 2.45) is 11.1 Å². The highest BCUT2D eigenvalue weighted by atomic mass is 16.5. The Kier molecular flexibility index (Phi) is 4.13. The minimum absolute atomic E-state index is 0.0144. The highest BCUT2D eigenvalue weighted by molar-refractivity contribution is 5.45. The fourth-order valence-corrected chi connectivity index (χ4v) is 2.91. The molecule has 0 radical (unpaired) electrons. The monoisotopic (exact) mass is 264 g/mol. The van der Waals surface area contributed by atoms with Crippen molar-refractivity contribution in [2.75, 3.05) is 33.9 Å². The minimum atomic E-state index is 0.0144. The van der Waals surface area contributed by atoms with E-state index in [4.69, 9.17) is 15.2 Å². The number of hydrogen-bond donors (Lipinski definition) is 2. The molecular formula is C15H24N2O2. The lowest BCUT2D eigenvalue weighted by Gasteiger charge is -2.47. The van der Waals surface area contributed by atoms with Gasteiger partial charge in [0.15, 0.2) is 0 Å². The maximum atomic E-state index is 5.98. The fourth-order valence-electron chi connectivity index (χ4n) is 2.91. The molecule has 4 heteroatoms. The molecule has 3 N–H and O–H groups in total. The number of rotatable bonds is 5. The molecule has 1 heterocycles. The average molecular weight is 264 g/mol. The smallest absolute Gasteiger partial charge is 0.122 e. The van der Waals surface area contributed by atoms with Crippen molar-refractivity contribution in [3.8, 4) is 5.75 Å². The van der Waals surface area contributed by atoms with Crippen LogP contribution in [0.5, 0.6) is 5.75 Å². The zero-order valence-electron chi connectivity index (χ0n) is 12.2. The second kappa shape index (κ2) is 5.49. The zero-order valence-corrected chi connectivity index (χ0v) is 12.2. The van der Waals surface area contributed by atoms with Crippen molar-refractivity contribution >= 4 is 0 Å². The normalized spacial score (nSPS) is 18.8. The molecule has 19 heavy (non-hydrogen) atoms. The van der Waals surface area contributed by atoms with Crippen LogP contribution < -0.4 is 15.8 Å². The van der Waals surface area contributed by atoms with E-state index >= 15 is 0 Å². The molecule has 106 valence electrons. The quantitative estimate of drug-likeness (QED) is 0.847. The van der Waals surface area contributed by atoms with Crippen molar-refractivity contribution in [3.63, 3.8) is 0 Å². The molecule has 0 amide bonds. The van der Waals surface area contributed by atoms with Gasteiger partial charge in [0.2, 0.25) is 0 Å². The summed E-state index contributed by atoms with van der Waals surface area (Å²) in [6.45, 7) is 6.31. The highest BCUT2D eigenvalue weighted by Gasteiger charge is 2.45. The van der Waals surface area contributed by atoms with E-state index in [2.05, 4.69) is 25.2 Å². The average Bonchev–Trinajstić information content (AvgIpc) is 2.38. The molecule has 1 aromatic carbocycles. The Balaban J connectivity index is 2.42. The lowest BCUT2D eigenvalue weighted by molar-refractivity contribution is -0.126. The van der Waals surface area contributed by atoms with Gasteiger partial charge in [0.1, 0.15) is 5.75 Å². The summed E-state index contributed by atoms with van der Waals surface area (Å²) in [6, 6.07) is 4.39. The van der Waals surface area contributed by atoms with E-state index in [1.807, 2.05) is 13.1 Å². The Morgan fingerprint density at radius 2 is 2.05 bits per heavy atom. The van der Waals surface area contributed by atoms with Gasteiger partial charge in [-0.2, -0.15) is 0 Å². The van der Waals surface area contributed by atoms with Gasteiger partial charge in [-0.05, 0) is 43.7 Å². The molecule has 0 bridgehead atoms. The number of benzene rings is 1. The molecule has 1 saturated heterocycles. The van der Waals surface area contributed by atoms with E-state index in [0.29, 0.717) is 6.54 Å². The summed E-state index contributed by atoms with van der Waals surface area (Å²) in [5.74, 6) is 0.933. The topological polar surface area (TPSA) is 56.5 Å². The van der Waals surface area contributed by atoms with Crippen molar-refractivity contribution in [3.05, 3.63) is 28.8 Å². The van der Waals surface area contributed by atoms with Gasteiger partial charge < -0.3 is 20.5 Å². The molecule has 0 aliphatic carbocycles. The third-order valence-corrected chi connectivity index (χ3v) is 4.40. The van der Waals surface area contributed by atoms with Gasteiger partial charge in [0.25, 0.3) is 0 Å². The van der Waals surface area contributed by atoms with Crippen LogP contribution in [0.25, 0.3) is 0 Å². The standard InChI is InChI=1S/C15H24N2O2/c1-10-11(2)13(18-4)6-5-12(10)14(17-3)15(7-16)8-19-9-15/h5-6,14,17H,7-9,16H2,1-4H3. The molecule has 1 aliphatic rings. The third kappa shape index (κ3) is 2.24. The van der Waals surface area contributed by atoms with Crippen LogP contribution in [0.3, 0.4) is 0 Å². The minimum Gasteiger partial charge on any atom is -0.496 e. The van der Waals surface area contributed by atoms with E-state index in [1.165, 1.54) is 16.7 Å². The largest absolute Gasteiger partial charge is 0.496 e. The molecule has 4 nitrogen and oxygen atoms in total. The van der Waals surface area contributed by atoms with Gasteiger partial charge in [0.05, 0.1) is 20.3 Å². The predicted molar refractivity (Wildman–Crippen MR) is 76.6 cm³/mol. The number of hydrogen-bond acceptors (Lipinski definition) is 4. The highest BCUT2D eigenvalue weighted by Crippen LogP contribution is 2.42. The van der Waals surface area contributed by atoms with Crippen molar-refractivity contribution in [2.45, 2.75) is 19.9 Å². The maximum Gasteiger partial charge on any atom is 0.122 e. The van der Waals surface area contributed by atoms with Crippen LogP contribution in [0.4, 0.5) is 0 Å². The van der Waals surface area contributed by atoms with Crippen LogP contribution >= 0.6 is 0 Å². The summed E-state index contributed by atoms with van der Waals surface area (Å²) in [6.07, 6.45) is 0. The first kappa shape index (κ1) is 14.3. The number of nitrogens with two attached hydrogens (primary N) is 1.